The fraction of sp³-hybridized carbons (Fsp3) is 0.556. The molecule has 6 nitrogen and oxygen atoms in total. The van der Waals surface area contributed by atoms with Crippen LogP contribution in [0.25, 0.3) is 0 Å². The van der Waals surface area contributed by atoms with Crippen LogP contribution in [0.4, 0.5) is 0 Å². The van der Waals surface area contributed by atoms with E-state index < -0.39 is 0 Å². The molecule has 2 aromatic heterocycles. The van der Waals surface area contributed by atoms with Gasteiger partial charge in [-0.2, -0.15) is 5.10 Å². The number of carbonyl (C=O) groups is 1. The van der Waals surface area contributed by atoms with Crippen molar-refractivity contribution in [2.75, 3.05) is 19.6 Å². The number of amides is 1. The predicted molar refractivity (Wildman–Crippen MR) is 91.5 cm³/mol. The van der Waals surface area contributed by atoms with E-state index in [0.717, 1.165) is 56.0 Å². The number of nitrogens with one attached hydrogen (secondary N) is 2. The summed E-state index contributed by atoms with van der Waals surface area (Å²) in [4.78, 5) is 14.8. The number of hydrogen-bond acceptors (Lipinski definition) is 4. The highest BCUT2D eigenvalue weighted by Gasteiger charge is 2.26. The summed E-state index contributed by atoms with van der Waals surface area (Å²) in [6.45, 7) is 7.28. The van der Waals surface area contributed by atoms with Gasteiger partial charge in [-0.25, -0.2) is 0 Å². The molecule has 24 heavy (non-hydrogen) atoms. The van der Waals surface area contributed by atoms with Crippen molar-refractivity contribution in [1.82, 2.24) is 20.4 Å². The summed E-state index contributed by atoms with van der Waals surface area (Å²) in [5.74, 6) is 1.19. The Hall–Kier alpha value is -2.08. The maximum Gasteiger partial charge on any atom is 0.224 e. The molecule has 2 aromatic rings. The minimum atomic E-state index is 0.0697. The second-order valence-electron chi connectivity index (χ2n) is 6.61. The molecule has 0 spiro atoms. The lowest BCUT2D eigenvalue weighted by Crippen LogP contribution is -2.43. The number of aromatic amines is 1. The molecule has 1 aliphatic heterocycles. The lowest BCUT2D eigenvalue weighted by Gasteiger charge is -2.31. The van der Waals surface area contributed by atoms with E-state index in [1.54, 1.807) is 6.26 Å². The highest BCUT2D eigenvalue weighted by molar-refractivity contribution is 5.79. The Morgan fingerprint density at radius 1 is 1.50 bits per heavy atom. The largest absolute Gasteiger partial charge is 0.468 e. The van der Waals surface area contributed by atoms with Crippen molar-refractivity contribution in [2.45, 2.75) is 39.7 Å². The van der Waals surface area contributed by atoms with Crippen molar-refractivity contribution in [3.8, 4) is 0 Å². The van der Waals surface area contributed by atoms with E-state index in [4.69, 9.17) is 4.42 Å². The van der Waals surface area contributed by atoms with Crippen LogP contribution in [0.3, 0.4) is 0 Å². The highest BCUT2D eigenvalue weighted by atomic mass is 16.3. The Morgan fingerprint density at radius 2 is 2.38 bits per heavy atom. The first-order valence-electron chi connectivity index (χ1n) is 8.66. The average molecular weight is 330 g/mol. The molecule has 2 N–H and O–H groups in total. The minimum absolute atomic E-state index is 0.0697. The van der Waals surface area contributed by atoms with Gasteiger partial charge in [0.2, 0.25) is 5.91 Å². The van der Waals surface area contributed by atoms with Crippen molar-refractivity contribution in [3.05, 3.63) is 41.1 Å². The molecule has 1 saturated heterocycles. The normalized spacial score (nSPS) is 18.7. The summed E-state index contributed by atoms with van der Waals surface area (Å²) in [5, 5.41) is 10.3. The number of hydrogen-bond donors (Lipinski definition) is 2. The van der Waals surface area contributed by atoms with Gasteiger partial charge in [-0.05, 0) is 57.4 Å². The van der Waals surface area contributed by atoms with Crippen LogP contribution in [0, 0.1) is 19.8 Å². The number of nitrogens with zero attached hydrogens (tertiary/aromatic N) is 2. The van der Waals surface area contributed by atoms with Crippen molar-refractivity contribution in [1.29, 1.82) is 0 Å². The summed E-state index contributed by atoms with van der Waals surface area (Å²) in [6, 6.07) is 3.89. The fourth-order valence-electron chi connectivity index (χ4n) is 3.43. The van der Waals surface area contributed by atoms with Gasteiger partial charge < -0.3 is 9.73 Å². The smallest absolute Gasteiger partial charge is 0.224 e. The van der Waals surface area contributed by atoms with Crippen LogP contribution in [0.5, 0.6) is 0 Å². The highest BCUT2D eigenvalue weighted by Crippen LogP contribution is 2.19. The zero-order chi connectivity index (χ0) is 16.9. The summed E-state index contributed by atoms with van der Waals surface area (Å²) in [5.41, 5.74) is 3.31. The molecular formula is C18H26N4O2. The molecule has 0 radical (unpaired) electrons. The average Bonchev–Trinajstić information content (AvgIpc) is 3.19. The van der Waals surface area contributed by atoms with E-state index >= 15 is 0 Å². The molecule has 1 aliphatic rings. The summed E-state index contributed by atoms with van der Waals surface area (Å²) in [6.07, 6.45) is 4.54. The van der Waals surface area contributed by atoms with Gasteiger partial charge in [-0.15, -0.1) is 0 Å². The topological polar surface area (TPSA) is 74.2 Å². The van der Waals surface area contributed by atoms with E-state index in [2.05, 4.69) is 20.4 Å². The predicted octanol–water partition coefficient (Wildman–Crippen LogP) is 2.19. The Labute approximate surface area is 142 Å². The Kier molecular flexibility index (Phi) is 5.35. The van der Waals surface area contributed by atoms with Gasteiger partial charge in [0.15, 0.2) is 0 Å². The Morgan fingerprint density at radius 3 is 3.08 bits per heavy atom. The SMILES string of the molecule is Cc1n[nH]c(C)c1CCNC(=O)[C@H]1CCCN(Cc2ccco2)C1. The molecule has 0 saturated carbocycles. The summed E-state index contributed by atoms with van der Waals surface area (Å²) >= 11 is 0. The van der Waals surface area contributed by atoms with Crippen molar-refractivity contribution in [2.24, 2.45) is 5.92 Å². The third-order valence-electron chi connectivity index (χ3n) is 4.79. The van der Waals surface area contributed by atoms with Crippen LogP contribution in [0.2, 0.25) is 0 Å². The molecule has 0 aromatic carbocycles. The number of carbonyl (C=O) groups excluding carboxylic acids is 1. The lowest BCUT2D eigenvalue weighted by molar-refractivity contribution is -0.126. The van der Waals surface area contributed by atoms with Crippen LogP contribution in [0.15, 0.2) is 22.8 Å². The van der Waals surface area contributed by atoms with Crippen molar-refractivity contribution < 1.29 is 9.21 Å². The Balaban J connectivity index is 1.46. The molecule has 6 heteroatoms. The molecule has 0 bridgehead atoms. The summed E-state index contributed by atoms with van der Waals surface area (Å²) < 4.78 is 5.41. The van der Waals surface area contributed by atoms with Gasteiger partial charge in [0.1, 0.15) is 5.76 Å². The number of likely N-dealkylation sites (tertiary alicyclic amines) is 1. The number of rotatable bonds is 6. The number of aromatic nitrogens is 2. The van der Waals surface area contributed by atoms with Gasteiger partial charge in [0, 0.05) is 18.8 Å². The quantitative estimate of drug-likeness (QED) is 0.851. The number of piperidine rings is 1. The second-order valence-corrected chi connectivity index (χ2v) is 6.61. The standard InChI is InChI=1S/C18H26N4O2/c1-13-17(14(2)21-20-13)7-8-19-18(23)15-5-3-9-22(11-15)12-16-6-4-10-24-16/h4,6,10,15H,3,5,7-9,11-12H2,1-2H3,(H,19,23)(H,20,21)/t15-/m0/s1. The van der Waals surface area contributed by atoms with Crippen LogP contribution < -0.4 is 5.32 Å². The molecule has 3 heterocycles. The van der Waals surface area contributed by atoms with Gasteiger partial charge in [-0.1, -0.05) is 0 Å². The van der Waals surface area contributed by atoms with Crippen molar-refractivity contribution in [3.63, 3.8) is 0 Å². The van der Waals surface area contributed by atoms with Gasteiger partial charge in [0.05, 0.1) is 24.4 Å². The van der Waals surface area contributed by atoms with Crippen LogP contribution >= 0.6 is 0 Å². The molecule has 0 aliphatic carbocycles. The van der Waals surface area contributed by atoms with Gasteiger partial charge >= 0.3 is 0 Å². The first-order valence-corrected chi connectivity index (χ1v) is 8.66. The molecule has 3 rings (SSSR count). The molecule has 130 valence electrons. The maximum atomic E-state index is 12.5. The van der Waals surface area contributed by atoms with E-state index in [1.165, 1.54) is 5.56 Å². The lowest BCUT2D eigenvalue weighted by atomic mass is 9.97. The van der Waals surface area contributed by atoms with E-state index in [-0.39, 0.29) is 11.8 Å². The third-order valence-corrected chi connectivity index (χ3v) is 4.79. The van der Waals surface area contributed by atoms with E-state index in [1.807, 2.05) is 26.0 Å². The maximum absolute atomic E-state index is 12.5. The van der Waals surface area contributed by atoms with Gasteiger partial charge in [0.25, 0.3) is 0 Å². The second kappa shape index (κ2) is 7.66. The molecular weight excluding hydrogens is 304 g/mol. The molecule has 0 unspecified atom stereocenters. The fourth-order valence-corrected chi connectivity index (χ4v) is 3.43. The zero-order valence-corrected chi connectivity index (χ0v) is 14.5. The molecule has 1 amide bonds. The van der Waals surface area contributed by atoms with Crippen molar-refractivity contribution >= 4 is 5.91 Å². The Bertz CT molecular complexity index is 643. The molecule has 1 atom stereocenters. The van der Waals surface area contributed by atoms with Gasteiger partial charge in [-0.3, -0.25) is 14.8 Å². The first-order chi connectivity index (χ1) is 11.6. The first kappa shape index (κ1) is 16.8. The van der Waals surface area contributed by atoms with Crippen LogP contribution in [-0.4, -0.2) is 40.6 Å². The zero-order valence-electron chi connectivity index (χ0n) is 14.5. The number of furan rings is 1. The number of H-pyrrole nitrogens is 1. The third kappa shape index (κ3) is 4.06. The van der Waals surface area contributed by atoms with Crippen LogP contribution in [0.1, 0.15) is 35.6 Å². The molecule has 1 fully saturated rings. The summed E-state index contributed by atoms with van der Waals surface area (Å²) in [7, 11) is 0. The van der Waals surface area contributed by atoms with Crippen LogP contribution in [-0.2, 0) is 17.8 Å². The number of aryl methyl sites for hydroxylation is 2. The minimum Gasteiger partial charge on any atom is -0.468 e. The monoisotopic (exact) mass is 330 g/mol. The van der Waals surface area contributed by atoms with E-state index in [9.17, 15) is 4.79 Å². The van der Waals surface area contributed by atoms with E-state index in [0.29, 0.717) is 6.54 Å².